The first kappa shape index (κ1) is 12.9. The Balaban J connectivity index is 1.93. The van der Waals surface area contributed by atoms with Crippen molar-refractivity contribution in [1.29, 1.82) is 0 Å². The van der Waals surface area contributed by atoms with Crippen molar-refractivity contribution in [2.45, 2.75) is 44.9 Å². The van der Waals surface area contributed by atoms with Gasteiger partial charge in [-0.3, -0.25) is 0 Å². The molecule has 1 saturated carbocycles. The lowest BCUT2D eigenvalue weighted by atomic mass is 10.0. The van der Waals surface area contributed by atoms with Gasteiger partial charge in [-0.15, -0.1) is 0 Å². The molecule has 1 aliphatic carbocycles. The lowest BCUT2D eigenvalue weighted by Crippen LogP contribution is -2.39. The highest BCUT2D eigenvalue weighted by Gasteiger charge is 2.29. The van der Waals surface area contributed by atoms with Crippen LogP contribution in [0.3, 0.4) is 0 Å². The van der Waals surface area contributed by atoms with E-state index in [-0.39, 0.29) is 6.04 Å². The lowest BCUT2D eigenvalue weighted by Gasteiger charge is -2.24. The van der Waals surface area contributed by atoms with Crippen LogP contribution in [0.4, 0.5) is 0 Å². The van der Waals surface area contributed by atoms with Crippen LogP contribution >= 0.6 is 11.6 Å². The van der Waals surface area contributed by atoms with Crippen molar-refractivity contribution in [2.24, 2.45) is 5.92 Å². The van der Waals surface area contributed by atoms with Crippen LogP contribution in [0.15, 0.2) is 24.3 Å². The van der Waals surface area contributed by atoms with Crippen molar-refractivity contribution in [2.75, 3.05) is 0 Å². The Labute approximate surface area is 108 Å². The average Bonchev–Trinajstić information content (AvgIpc) is 3.12. The van der Waals surface area contributed by atoms with Gasteiger partial charge in [0.1, 0.15) is 0 Å². The standard InChI is InChI=1S/C14H20ClNO/c1-9(11-3-4-11)16-10(2)14(17)12-5-7-13(15)8-6-12/h5-11,14,16-17H,3-4H2,1-2H3. The molecule has 0 bridgehead atoms. The Hall–Kier alpha value is -0.570. The molecule has 0 amide bonds. The van der Waals surface area contributed by atoms with E-state index in [9.17, 15) is 5.11 Å². The van der Waals surface area contributed by atoms with Crippen LogP contribution in [0.1, 0.15) is 38.4 Å². The van der Waals surface area contributed by atoms with Gasteiger partial charge in [-0.1, -0.05) is 23.7 Å². The van der Waals surface area contributed by atoms with Gasteiger partial charge in [-0.25, -0.2) is 0 Å². The maximum absolute atomic E-state index is 10.2. The summed E-state index contributed by atoms with van der Waals surface area (Å²) in [6.07, 6.45) is 2.16. The Kier molecular flexibility index (Phi) is 4.08. The molecule has 1 aromatic carbocycles. The van der Waals surface area contributed by atoms with Gasteiger partial charge >= 0.3 is 0 Å². The van der Waals surface area contributed by atoms with Crippen molar-refractivity contribution in [3.63, 3.8) is 0 Å². The number of aliphatic hydroxyl groups excluding tert-OH is 1. The Morgan fingerprint density at radius 1 is 1.24 bits per heavy atom. The van der Waals surface area contributed by atoms with E-state index in [2.05, 4.69) is 12.2 Å². The van der Waals surface area contributed by atoms with Crippen LogP contribution in [0.2, 0.25) is 5.02 Å². The normalized spacial score (nSPS) is 20.9. The molecule has 1 fully saturated rings. The first-order valence-electron chi connectivity index (χ1n) is 6.27. The minimum atomic E-state index is -0.478. The van der Waals surface area contributed by atoms with Gasteiger partial charge < -0.3 is 10.4 Å². The number of hydrogen-bond acceptors (Lipinski definition) is 2. The van der Waals surface area contributed by atoms with E-state index in [1.165, 1.54) is 12.8 Å². The molecule has 2 nitrogen and oxygen atoms in total. The molecule has 1 aliphatic rings. The predicted octanol–water partition coefficient (Wildman–Crippen LogP) is 3.15. The molecule has 0 heterocycles. The van der Waals surface area contributed by atoms with Crippen molar-refractivity contribution in [1.82, 2.24) is 5.32 Å². The van der Waals surface area contributed by atoms with Gasteiger partial charge in [-0.05, 0) is 50.3 Å². The third-order valence-electron chi connectivity index (χ3n) is 3.54. The molecular formula is C14H20ClNO. The van der Waals surface area contributed by atoms with Gasteiger partial charge in [0.15, 0.2) is 0 Å². The van der Waals surface area contributed by atoms with Crippen LogP contribution in [0, 0.1) is 5.92 Å². The zero-order valence-corrected chi connectivity index (χ0v) is 11.1. The van der Waals surface area contributed by atoms with Crippen molar-refractivity contribution in [3.8, 4) is 0 Å². The second-order valence-electron chi connectivity index (χ2n) is 5.08. The van der Waals surface area contributed by atoms with Gasteiger partial charge in [0.2, 0.25) is 0 Å². The summed E-state index contributed by atoms with van der Waals surface area (Å²) in [4.78, 5) is 0. The molecule has 0 aliphatic heterocycles. The molecule has 17 heavy (non-hydrogen) atoms. The number of rotatable bonds is 5. The molecule has 0 radical (unpaired) electrons. The fourth-order valence-electron chi connectivity index (χ4n) is 2.19. The van der Waals surface area contributed by atoms with Crippen LogP contribution in [-0.4, -0.2) is 17.2 Å². The van der Waals surface area contributed by atoms with Crippen LogP contribution in [0.25, 0.3) is 0 Å². The minimum Gasteiger partial charge on any atom is -0.387 e. The molecule has 1 aromatic rings. The van der Waals surface area contributed by atoms with E-state index in [4.69, 9.17) is 11.6 Å². The fourth-order valence-corrected chi connectivity index (χ4v) is 2.31. The smallest absolute Gasteiger partial charge is 0.0940 e. The Morgan fingerprint density at radius 3 is 2.35 bits per heavy atom. The van der Waals surface area contributed by atoms with Gasteiger partial charge in [0, 0.05) is 17.1 Å². The zero-order chi connectivity index (χ0) is 12.4. The molecular weight excluding hydrogens is 234 g/mol. The third-order valence-corrected chi connectivity index (χ3v) is 3.79. The SMILES string of the molecule is CC(NC(C)C(O)c1ccc(Cl)cc1)C1CC1. The lowest BCUT2D eigenvalue weighted by molar-refractivity contribution is 0.128. The van der Waals surface area contributed by atoms with Gasteiger partial charge in [0.25, 0.3) is 0 Å². The summed E-state index contributed by atoms with van der Waals surface area (Å²) < 4.78 is 0. The number of benzene rings is 1. The number of hydrogen-bond donors (Lipinski definition) is 2. The largest absolute Gasteiger partial charge is 0.387 e. The van der Waals surface area contributed by atoms with Crippen molar-refractivity contribution in [3.05, 3.63) is 34.9 Å². The maximum atomic E-state index is 10.2. The summed E-state index contributed by atoms with van der Waals surface area (Å²) in [7, 11) is 0. The topological polar surface area (TPSA) is 32.3 Å². The summed E-state index contributed by atoms with van der Waals surface area (Å²) >= 11 is 5.83. The highest BCUT2D eigenvalue weighted by atomic mass is 35.5. The highest BCUT2D eigenvalue weighted by Crippen LogP contribution is 2.33. The quantitative estimate of drug-likeness (QED) is 0.845. The number of halogens is 1. The molecule has 2 N–H and O–H groups in total. The number of aliphatic hydroxyl groups is 1. The average molecular weight is 254 g/mol. The van der Waals surface area contributed by atoms with E-state index in [0.29, 0.717) is 11.1 Å². The summed E-state index contributed by atoms with van der Waals surface area (Å²) in [6, 6.07) is 7.95. The molecule has 3 unspecified atom stereocenters. The maximum Gasteiger partial charge on any atom is 0.0940 e. The first-order valence-corrected chi connectivity index (χ1v) is 6.65. The monoisotopic (exact) mass is 253 g/mol. The van der Waals surface area contributed by atoms with E-state index in [0.717, 1.165) is 11.5 Å². The number of nitrogens with one attached hydrogen (secondary N) is 1. The van der Waals surface area contributed by atoms with E-state index >= 15 is 0 Å². The summed E-state index contributed by atoms with van der Waals surface area (Å²) in [6.45, 7) is 4.22. The fraction of sp³-hybridized carbons (Fsp3) is 0.571. The molecule has 0 aromatic heterocycles. The summed E-state index contributed by atoms with van der Waals surface area (Å²) in [5.74, 6) is 0.801. The third kappa shape index (κ3) is 3.44. The second-order valence-corrected chi connectivity index (χ2v) is 5.51. The van der Waals surface area contributed by atoms with E-state index in [1.54, 1.807) is 0 Å². The predicted molar refractivity (Wildman–Crippen MR) is 71.2 cm³/mol. The van der Waals surface area contributed by atoms with Gasteiger partial charge in [-0.2, -0.15) is 0 Å². The zero-order valence-electron chi connectivity index (χ0n) is 10.4. The molecule has 2 rings (SSSR count). The van der Waals surface area contributed by atoms with Crippen LogP contribution in [0.5, 0.6) is 0 Å². The Morgan fingerprint density at radius 2 is 1.82 bits per heavy atom. The van der Waals surface area contributed by atoms with E-state index in [1.807, 2.05) is 31.2 Å². The van der Waals surface area contributed by atoms with Crippen LogP contribution in [-0.2, 0) is 0 Å². The second kappa shape index (κ2) is 5.38. The van der Waals surface area contributed by atoms with Crippen LogP contribution < -0.4 is 5.32 Å². The first-order chi connectivity index (χ1) is 8.08. The highest BCUT2D eigenvalue weighted by molar-refractivity contribution is 6.30. The summed E-state index contributed by atoms with van der Waals surface area (Å²) in [5.41, 5.74) is 0.914. The molecule has 0 saturated heterocycles. The molecule has 0 spiro atoms. The van der Waals surface area contributed by atoms with Crippen molar-refractivity contribution < 1.29 is 5.11 Å². The summed E-state index contributed by atoms with van der Waals surface area (Å²) in [5, 5.41) is 14.4. The molecule has 3 heteroatoms. The van der Waals surface area contributed by atoms with Crippen molar-refractivity contribution >= 4 is 11.6 Å². The molecule has 3 atom stereocenters. The van der Waals surface area contributed by atoms with E-state index < -0.39 is 6.10 Å². The molecule has 94 valence electrons. The minimum absolute atomic E-state index is 0.0618. The van der Waals surface area contributed by atoms with Gasteiger partial charge in [0.05, 0.1) is 6.10 Å². The Bertz CT molecular complexity index is 361.